The Morgan fingerprint density at radius 3 is 2.55 bits per heavy atom. The molecule has 3 heterocycles. The van der Waals surface area contributed by atoms with E-state index in [4.69, 9.17) is 5.26 Å². The average molecular weight is 296 g/mol. The number of aliphatic imine (C=N–C) groups is 1. The Morgan fingerprint density at radius 2 is 1.95 bits per heavy atom. The van der Waals surface area contributed by atoms with Crippen LogP contribution in [0.5, 0.6) is 0 Å². The van der Waals surface area contributed by atoms with Crippen LogP contribution in [0.3, 0.4) is 0 Å². The first kappa shape index (κ1) is 12.6. The summed E-state index contributed by atoms with van der Waals surface area (Å²) >= 11 is 3.13. The summed E-state index contributed by atoms with van der Waals surface area (Å²) in [6.45, 7) is 0. The average Bonchev–Trinajstić information content (AvgIpc) is 3.18. The van der Waals surface area contributed by atoms with Gasteiger partial charge in [0, 0.05) is 4.88 Å². The van der Waals surface area contributed by atoms with E-state index in [1.165, 1.54) is 11.1 Å². The van der Waals surface area contributed by atoms with Crippen molar-refractivity contribution in [2.24, 2.45) is 4.99 Å². The van der Waals surface area contributed by atoms with E-state index in [1.807, 2.05) is 41.1 Å². The smallest absolute Gasteiger partial charge is 0.185 e. The van der Waals surface area contributed by atoms with Gasteiger partial charge in [0.15, 0.2) is 6.19 Å². The van der Waals surface area contributed by atoms with Crippen LogP contribution < -0.4 is 0 Å². The van der Waals surface area contributed by atoms with Gasteiger partial charge in [-0.25, -0.2) is 0 Å². The molecule has 0 spiro atoms. The third-order valence-electron chi connectivity index (χ3n) is 2.91. The first-order valence-electron chi connectivity index (χ1n) is 5.79. The first-order chi connectivity index (χ1) is 9.85. The molecule has 3 rings (SSSR count). The summed E-state index contributed by atoms with van der Waals surface area (Å²) in [5, 5.41) is 22.5. The molecule has 0 bridgehead atoms. The van der Waals surface area contributed by atoms with E-state index in [-0.39, 0.29) is 11.7 Å². The molecule has 0 aliphatic carbocycles. The van der Waals surface area contributed by atoms with Crippen molar-refractivity contribution in [3.8, 4) is 12.3 Å². The zero-order valence-corrected chi connectivity index (χ0v) is 11.9. The zero-order chi connectivity index (χ0) is 13.9. The van der Waals surface area contributed by atoms with Crippen LogP contribution in [0.1, 0.15) is 15.8 Å². The Kier molecular flexibility index (Phi) is 3.34. The molecule has 0 radical (unpaired) electrons. The maximum atomic E-state index is 9.41. The van der Waals surface area contributed by atoms with Crippen molar-refractivity contribution in [2.75, 3.05) is 0 Å². The maximum Gasteiger partial charge on any atom is 0.185 e. The lowest BCUT2D eigenvalue weighted by Crippen LogP contribution is -2.31. The first-order valence-corrected chi connectivity index (χ1v) is 7.55. The van der Waals surface area contributed by atoms with Gasteiger partial charge in [0.1, 0.15) is 17.8 Å². The summed E-state index contributed by atoms with van der Waals surface area (Å²) in [5.41, 5.74) is 1.08. The molecule has 2 aromatic rings. The molecular formula is C14H8N4S2. The molecule has 1 unspecified atom stereocenters. The van der Waals surface area contributed by atoms with Crippen LogP contribution in [0.25, 0.3) is 0 Å². The second-order valence-corrected chi connectivity index (χ2v) is 5.93. The van der Waals surface area contributed by atoms with E-state index < -0.39 is 0 Å². The Balaban J connectivity index is 2.15. The van der Waals surface area contributed by atoms with Crippen LogP contribution in [0, 0.1) is 22.8 Å². The van der Waals surface area contributed by atoms with Crippen molar-refractivity contribution in [1.29, 1.82) is 10.5 Å². The normalized spacial score (nSPS) is 17.9. The second-order valence-electron chi connectivity index (χ2n) is 4.01. The summed E-state index contributed by atoms with van der Waals surface area (Å²) in [7, 11) is 0. The maximum absolute atomic E-state index is 9.41. The quantitative estimate of drug-likeness (QED) is 0.797. The minimum absolute atomic E-state index is 0.270. The van der Waals surface area contributed by atoms with Crippen molar-refractivity contribution < 1.29 is 0 Å². The standard InChI is InChI=1S/C14H8N4S2/c15-7-10-8-17-13(11-3-1-5-19-11)14(18(10)9-16)12-4-2-6-20-12/h1-6,8,14H. The van der Waals surface area contributed by atoms with E-state index in [1.54, 1.807) is 22.7 Å². The molecule has 6 heteroatoms. The summed E-state index contributed by atoms with van der Waals surface area (Å²) < 4.78 is 0. The molecule has 0 saturated heterocycles. The lowest BCUT2D eigenvalue weighted by Gasteiger charge is -2.28. The highest BCUT2D eigenvalue weighted by molar-refractivity contribution is 7.12. The van der Waals surface area contributed by atoms with Gasteiger partial charge in [-0.05, 0) is 22.9 Å². The molecule has 0 amide bonds. The highest BCUT2D eigenvalue weighted by Gasteiger charge is 2.32. The van der Waals surface area contributed by atoms with Gasteiger partial charge in [-0.2, -0.15) is 10.5 Å². The minimum Gasteiger partial charge on any atom is -0.254 e. The third kappa shape index (κ3) is 2.01. The van der Waals surface area contributed by atoms with E-state index in [0.29, 0.717) is 0 Å². The van der Waals surface area contributed by atoms with Gasteiger partial charge in [0.05, 0.1) is 16.8 Å². The fourth-order valence-electron chi connectivity index (χ4n) is 2.05. The SMILES string of the molecule is N#CC1=CN=C(c2cccs2)C(c2cccs2)N1C#N. The molecule has 1 aliphatic heterocycles. The molecule has 0 saturated carbocycles. The van der Waals surface area contributed by atoms with Crippen LogP contribution in [-0.4, -0.2) is 10.6 Å². The highest BCUT2D eigenvalue weighted by atomic mass is 32.1. The van der Waals surface area contributed by atoms with Crippen LogP contribution in [0.2, 0.25) is 0 Å². The molecular weight excluding hydrogens is 288 g/mol. The minimum atomic E-state index is -0.321. The largest absolute Gasteiger partial charge is 0.254 e. The van der Waals surface area contributed by atoms with Crippen molar-refractivity contribution in [3.05, 3.63) is 56.7 Å². The highest BCUT2D eigenvalue weighted by Crippen LogP contribution is 2.35. The van der Waals surface area contributed by atoms with E-state index in [0.717, 1.165) is 15.5 Å². The topological polar surface area (TPSA) is 63.2 Å². The fraction of sp³-hybridized carbons (Fsp3) is 0.0714. The zero-order valence-electron chi connectivity index (χ0n) is 10.2. The van der Waals surface area contributed by atoms with Crippen molar-refractivity contribution in [3.63, 3.8) is 0 Å². The summed E-state index contributed by atoms with van der Waals surface area (Å²) in [4.78, 5) is 7.85. The van der Waals surface area contributed by atoms with Crippen LogP contribution in [0.15, 0.2) is 51.9 Å². The number of rotatable bonds is 2. The number of thiophene rings is 2. The molecule has 2 aromatic heterocycles. The van der Waals surface area contributed by atoms with E-state index >= 15 is 0 Å². The van der Waals surface area contributed by atoms with E-state index in [9.17, 15) is 5.26 Å². The Bertz CT molecular complexity index is 742. The fourth-order valence-corrected chi connectivity index (χ4v) is 3.61. The van der Waals surface area contributed by atoms with Crippen LogP contribution in [0.4, 0.5) is 0 Å². The van der Waals surface area contributed by atoms with Crippen LogP contribution >= 0.6 is 22.7 Å². The Hall–Kier alpha value is -2.41. The molecule has 96 valence electrons. The number of hydrogen-bond acceptors (Lipinski definition) is 6. The monoisotopic (exact) mass is 296 g/mol. The summed E-state index contributed by atoms with van der Waals surface area (Å²) in [6, 6.07) is 9.53. The van der Waals surface area contributed by atoms with Gasteiger partial charge < -0.3 is 0 Å². The molecule has 4 nitrogen and oxygen atoms in total. The summed E-state index contributed by atoms with van der Waals surface area (Å²) in [6.07, 6.45) is 3.57. The predicted molar refractivity (Wildman–Crippen MR) is 79.1 cm³/mol. The third-order valence-corrected chi connectivity index (χ3v) is 4.73. The van der Waals surface area contributed by atoms with Gasteiger partial charge in [-0.15, -0.1) is 22.7 Å². The number of nitriles is 2. The molecule has 1 aliphatic rings. The lowest BCUT2D eigenvalue weighted by molar-refractivity contribution is 0.453. The molecule has 0 fully saturated rings. The van der Waals surface area contributed by atoms with Gasteiger partial charge in [0.2, 0.25) is 0 Å². The predicted octanol–water partition coefficient (Wildman–Crippen LogP) is 3.50. The molecule has 20 heavy (non-hydrogen) atoms. The molecule has 0 N–H and O–H groups in total. The van der Waals surface area contributed by atoms with Gasteiger partial charge in [0.25, 0.3) is 0 Å². The molecule has 0 aromatic carbocycles. The number of allylic oxidation sites excluding steroid dienone is 1. The van der Waals surface area contributed by atoms with Gasteiger partial charge in [-0.1, -0.05) is 12.1 Å². The lowest BCUT2D eigenvalue weighted by atomic mass is 10.0. The van der Waals surface area contributed by atoms with Crippen LogP contribution in [-0.2, 0) is 0 Å². The summed E-state index contributed by atoms with van der Waals surface area (Å²) in [5.74, 6) is 0. The number of nitrogens with zero attached hydrogens (tertiary/aromatic N) is 4. The van der Waals surface area contributed by atoms with E-state index in [2.05, 4.69) is 11.2 Å². The van der Waals surface area contributed by atoms with Crippen molar-refractivity contribution in [2.45, 2.75) is 6.04 Å². The van der Waals surface area contributed by atoms with Gasteiger partial charge >= 0.3 is 0 Å². The van der Waals surface area contributed by atoms with Crippen molar-refractivity contribution in [1.82, 2.24) is 4.90 Å². The second kappa shape index (κ2) is 5.30. The Morgan fingerprint density at radius 1 is 1.15 bits per heavy atom. The Labute approximate surface area is 124 Å². The molecule has 1 atom stereocenters. The van der Waals surface area contributed by atoms with Gasteiger partial charge in [-0.3, -0.25) is 9.89 Å². The van der Waals surface area contributed by atoms with Crippen molar-refractivity contribution >= 4 is 28.4 Å². The number of hydrogen-bond donors (Lipinski definition) is 0.